The predicted octanol–water partition coefficient (Wildman–Crippen LogP) is 2.58. The van der Waals surface area contributed by atoms with E-state index in [1.54, 1.807) is 6.20 Å². The Kier molecular flexibility index (Phi) is 6.45. The highest BCUT2D eigenvalue weighted by Gasteiger charge is 2.34. The van der Waals surface area contributed by atoms with E-state index >= 15 is 0 Å². The quantitative estimate of drug-likeness (QED) is 0.753. The summed E-state index contributed by atoms with van der Waals surface area (Å²) < 4.78 is 0. The maximum atomic E-state index is 12.5. The minimum absolute atomic E-state index is 0.0342. The summed E-state index contributed by atoms with van der Waals surface area (Å²) >= 11 is 0. The number of anilines is 1. The van der Waals surface area contributed by atoms with Crippen LogP contribution in [0.1, 0.15) is 30.5 Å². The molecule has 0 bridgehead atoms. The molecule has 144 valence electrons. The van der Waals surface area contributed by atoms with Gasteiger partial charge in [0.1, 0.15) is 0 Å². The number of nitrogens with one attached hydrogen (secondary N) is 1. The van der Waals surface area contributed by atoms with Gasteiger partial charge in [-0.25, -0.2) is 0 Å². The van der Waals surface area contributed by atoms with Crippen LogP contribution in [0.5, 0.6) is 0 Å². The van der Waals surface area contributed by atoms with Crippen LogP contribution in [-0.4, -0.2) is 42.2 Å². The molecular formula is C22H29N3O2. The molecule has 3 rings (SSSR count). The van der Waals surface area contributed by atoms with Gasteiger partial charge in [-0.3, -0.25) is 9.78 Å². The van der Waals surface area contributed by atoms with Crippen molar-refractivity contribution in [2.45, 2.75) is 44.2 Å². The largest absolute Gasteiger partial charge is 0.393 e. The van der Waals surface area contributed by atoms with E-state index in [1.807, 2.05) is 32.3 Å². The number of carbonyl (C=O) groups excluding carboxylic acids is 1. The third-order valence-electron chi connectivity index (χ3n) is 5.31. The third kappa shape index (κ3) is 5.54. The lowest BCUT2D eigenvalue weighted by molar-refractivity contribution is -0.122. The standard InChI is InChI=1S/C22H29N3O2/c1-25(2)19-9-6-16(7-10-19)8-11-22(27)24-21(17-13-20(26)14-17)15-18-5-3-4-12-23-18/h3-7,9-10,12,17,20-21,26H,8,11,13-15H2,1-2H3,(H,24,27)/t17?,20?,21-/m1/s1. The monoisotopic (exact) mass is 367 g/mol. The smallest absolute Gasteiger partial charge is 0.220 e. The Morgan fingerprint density at radius 3 is 2.56 bits per heavy atom. The van der Waals surface area contributed by atoms with E-state index in [-0.39, 0.29) is 18.1 Å². The lowest BCUT2D eigenvalue weighted by Gasteiger charge is -2.38. The van der Waals surface area contributed by atoms with Crippen LogP contribution in [-0.2, 0) is 17.6 Å². The van der Waals surface area contributed by atoms with Gasteiger partial charge in [0.05, 0.1) is 6.10 Å². The zero-order valence-corrected chi connectivity index (χ0v) is 16.1. The highest BCUT2D eigenvalue weighted by atomic mass is 16.3. The van der Waals surface area contributed by atoms with E-state index in [0.717, 1.165) is 36.2 Å². The van der Waals surface area contributed by atoms with Gasteiger partial charge in [0.15, 0.2) is 0 Å². The van der Waals surface area contributed by atoms with Crippen LogP contribution < -0.4 is 10.2 Å². The number of rotatable bonds is 8. The molecule has 5 heteroatoms. The van der Waals surface area contributed by atoms with E-state index in [4.69, 9.17) is 0 Å². The molecule has 1 fully saturated rings. The minimum Gasteiger partial charge on any atom is -0.393 e. The lowest BCUT2D eigenvalue weighted by Crippen LogP contribution is -2.48. The fourth-order valence-corrected chi connectivity index (χ4v) is 3.54. The van der Waals surface area contributed by atoms with Crippen molar-refractivity contribution in [1.29, 1.82) is 0 Å². The first kappa shape index (κ1) is 19.4. The van der Waals surface area contributed by atoms with Gasteiger partial charge in [-0.05, 0) is 55.0 Å². The Labute approximate surface area is 161 Å². The highest BCUT2D eigenvalue weighted by molar-refractivity contribution is 5.76. The molecule has 0 unspecified atom stereocenters. The number of amides is 1. The van der Waals surface area contributed by atoms with Crippen LogP contribution in [0.15, 0.2) is 48.7 Å². The number of aliphatic hydroxyl groups excluding tert-OH is 1. The molecule has 1 aromatic carbocycles. The van der Waals surface area contributed by atoms with Crippen LogP contribution >= 0.6 is 0 Å². The molecule has 27 heavy (non-hydrogen) atoms. The average molecular weight is 367 g/mol. The highest BCUT2D eigenvalue weighted by Crippen LogP contribution is 2.31. The fraction of sp³-hybridized carbons (Fsp3) is 0.455. The van der Waals surface area contributed by atoms with Gasteiger partial charge in [0, 0.05) is 50.6 Å². The van der Waals surface area contributed by atoms with Gasteiger partial charge in [0.25, 0.3) is 0 Å². The molecule has 1 aromatic heterocycles. The lowest BCUT2D eigenvalue weighted by atomic mass is 9.76. The summed E-state index contributed by atoms with van der Waals surface area (Å²) in [5, 5.41) is 12.8. The number of aromatic nitrogens is 1. The molecular weight excluding hydrogens is 338 g/mol. The summed E-state index contributed by atoms with van der Waals surface area (Å²) in [6, 6.07) is 14.2. The van der Waals surface area contributed by atoms with E-state index in [2.05, 4.69) is 39.5 Å². The number of benzene rings is 1. The molecule has 5 nitrogen and oxygen atoms in total. The summed E-state index contributed by atoms with van der Waals surface area (Å²) in [7, 11) is 4.03. The van der Waals surface area contributed by atoms with E-state index in [0.29, 0.717) is 18.8 Å². The van der Waals surface area contributed by atoms with Crippen LogP contribution in [0.3, 0.4) is 0 Å². The van der Waals surface area contributed by atoms with Crippen molar-refractivity contribution >= 4 is 11.6 Å². The zero-order valence-electron chi connectivity index (χ0n) is 16.1. The van der Waals surface area contributed by atoms with Crippen molar-refractivity contribution in [2.75, 3.05) is 19.0 Å². The third-order valence-corrected chi connectivity index (χ3v) is 5.31. The Bertz CT molecular complexity index is 725. The molecule has 1 aliphatic carbocycles. The molecule has 2 N–H and O–H groups in total. The summed E-state index contributed by atoms with van der Waals surface area (Å²) in [4.78, 5) is 19.0. The van der Waals surface area contributed by atoms with Gasteiger partial charge in [0.2, 0.25) is 5.91 Å². The summed E-state index contributed by atoms with van der Waals surface area (Å²) in [5.74, 6) is 0.388. The predicted molar refractivity (Wildman–Crippen MR) is 108 cm³/mol. The summed E-state index contributed by atoms with van der Waals surface area (Å²) in [5.41, 5.74) is 3.29. The molecule has 1 atom stereocenters. The normalized spacial score (nSPS) is 19.8. The van der Waals surface area contributed by atoms with Gasteiger partial charge < -0.3 is 15.3 Å². The maximum absolute atomic E-state index is 12.5. The van der Waals surface area contributed by atoms with Crippen LogP contribution in [0, 0.1) is 5.92 Å². The Balaban J connectivity index is 1.54. The number of pyridine rings is 1. The first-order valence-electron chi connectivity index (χ1n) is 9.65. The molecule has 0 spiro atoms. The molecule has 0 saturated heterocycles. The van der Waals surface area contributed by atoms with Crippen molar-refractivity contribution in [3.8, 4) is 0 Å². The topological polar surface area (TPSA) is 65.5 Å². The first-order chi connectivity index (χ1) is 13.0. The van der Waals surface area contributed by atoms with Crippen molar-refractivity contribution in [2.24, 2.45) is 5.92 Å². The number of hydrogen-bond acceptors (Lipinski definition) is 4. The van der Waals surface area contributed by atoms with Crippen LogP contribution in [0.4, 0.5) is 5.69 Å². The van der Waals surface area contributed by atoms with Crippen LogP contribution in [0.2, 0.25) is 0 Å². The minimum atomic E-state index is -0.228. The molecule has 0 radical (unpaired) electrons. The second kappa shape index (κ2) is 9.00. The zero-order chi connectivity index (χ0) is 19.2. The van der Waals surface area contributed by atoms with Crippen molar-refractivity contribution < 1.29 is 9.90 Å². The van der Waals surface area contributed by atoms with Gasteiger partial charge in [-0.2, -0.15) is 0 Å². The summed E-state index contributed by atoms with van der Waals surface area (Å²) in [6.07, 6.45) is 4.96. The van der Waals surface area contributed by atoms with Gasteiger partial charge >= 0.3 is 0 Å². The molecule has 0 aliphatic heterocycles. The van der Waals surface area contributed by atoms with Crippen molar-refractivity contribution in [3.05, 3.63) is 59.9 Å². The van der Waals surface area contributed by atoms with Gasteiger partial charge in [-0.15, -0.1) is 0 Å². The molecule has 1 aliphatic rings. The molecule has 1 saturated carbocycles. The maximum Gasteiger partial charge on any atom is 0.220 e. The Hall–Kier alpha value is -2.40. The first-order valence-corrected chi connectivity index (χ1v) is 9.65. The van der Waals surface area contributed by atoms with Crippen molar-refractivity contribution in [1.82, 2.24) is 10.3 Å². The van der Waals surface area contributed by atoms with Gasteiger partial charge in [-0.1, -0.05) is 18.2 Å². The van der Waals surface area contributed by atoms with Crippen molar-refractivity contribution in [3.63, 3.8) is 0 Å². The van der Waals surface area contributed by atoms with Crippen LogP contribution in [0.25, 0.3) is 0 Å². The Morgan fingerprint density at radius 1 is 1.22 bits per heavy atom. The Morgan fingerprint density at radius 2 is 1.96 bits per heavy atom. The fourth-order valence-electron chi connectivity index (χ4n) is 3.54. The number of hydrogen-bond donors (Lipinski definition) is 2. The second-order valence-corrected chi connectivity index (χ2v) is 7.65. The number of aryl methyl sites for hydroxylation is 1. The SMILES string of the molecule is CN(C)c1ccc(CCC(=O)N[C@H](Cc2ccccn2)C2CC(O)C2)cc1. The summed E-state index contributed by atoms with van der Waals surface area (Å²) in [6.45, 7) is 0. The molecule has 2 aromatic rings. The second-order valence-electron chi connectivity index (χ2n) is 7.65. The van der Waals surface area contributed by atoms with E-state index in [9.17, 15) is 9.90 Å². The van der Waals surface area contributed by atoms with E-state index in [1.165, 1.54) is 0 Å². The average Bonchev–Trinajstić information content (AvgIpc) is 2.64. The number of carbonyl (C=O) groups is 1. The molecule has 1 amide bonds. The molecule has 1 heterocycles. The number of nitrogens with zero attached hydrogens (tertiary/aromatic N) is 2. The number of aliphatic hydroxyl groups is 1. The van der Waals surface area contributed by atoms with E-state index < -0.39 is 0 Å².